The molecule has 17 N–H and O–H groups in total. The summed E-state index contributed by atoms with van der Waals surface area (Å²) in [7, 11) is 1.57. The van der Waals surface area contributed by atoms with Gasteiger partial charge in [0.15, 0.2) is 17.9 Å². The Balaban J connectivity index is 1.93. The number of ether oxygens (including phenoxy) is 4. The molecule has 1 saturated carbocycles. The Morgan fingerprint density at radius 3 is 2.55 bits per heavy atom. The fourth-order valence-electron chi connectivity index (χ4n) is 5.44. The van der Waals surface area contributed by atoms with E-state index in [1.54, 1.807) is 13.1 Å². The highest BCUT2D eigenvalue weighted by Crippen LogP contribution is 2.40. The molecule has 0 aromatic carbocycles. The summed E-state index contributed by atoms with van der Waals surface area (Å²) < 4.78 is 23.8. The van der Waals surface area contributed by atoms with Gasteiger partial charge in [0.25, 0.3) is 0 Å². The monoisotopic (exact) mass is 548 g/mol. The maximum atomic E-state index is 11.7. The van der Waals surface area contributed by atoms with E-state index in [-0.39, 0.29) is 38.4 Å². The van der Waals surface area contributed by atoms with Crippen LogP contribution in [-0.2, 0) is 18.9 Å². The van der Waals surface area contributed by atoms with Gasteiger partial charge in [-0.2, -0.15) is 0 Å². The van der Waals surface area contributed by atoms with Gasteiger partial charge < -0.3 is 79.1 Å². The maximum absolute atomic E-state index is 11.7. The second-order valence-corrected chi connectivity index (χ2v) is 10.4. The molecule has 0 unspecified atom stereocenters. The van der Waals surface area contributed by atoms with Crippen LogP contribution in [0.5, 0.6) is 0 Å². The Hall–Kier alpha value is -1.67. The molecule has 3 rings (SSSR count). The average Bonchev–Trinajstić information content (AvgIpc) is 2.83. The average molecular weight is 549 g/mol. The van der Waals surface area contributed by atoms with Gasteiger partial charge >= 0.3 is 0 Å². The van der Waals surface area contributed by atoms with Crippen molar-refractivity contribution >= 4 is 5.96 Å². The van der Waals surface area contributed by atoms with Crippen LogP contribution >= 0.6 is 0 Å². The van der Waals surface area contributed by atoms with Gasteiger partial charge in [0.05, 0.1) is 19.2 Å². The minimum Gasteiger partial charge on any atom is -0.464 e. The highest BCUT2D eigenvalue weighted by atomic mass is 16.7. The highest BCUT2D eigenvalue weighted by molar-refractivity contribution is 5.76. The van der Waals surface area contributed by atoms with Crippen LogP contribution < -0.4 is 39.7 Å². The third-order valence-corrected chi connectivity index (χ3v) is 7.51. The summed E-state index contributed by atoms with van der Waals surface area (Å²) in [6.45, 7) is 0.938. The van der Waals surface area contributed by atoms with Crippen molar-refractivity contribution in [1.29, 1.82) is 0 Å². The molecule has 1 saturated heterocycles. The van der Waals surface area contributed by atoms with Crippen LogP contribution in [0.4, 0.5) is 0 Å². The summed E-state index contributed by atoms with van der Waals surface area (Å²) in [4.78, 5) is 4.07. The quantitative estimate of drug-likeness (QED) is 0.0945. The van der Waals surface area contributed by atoms with Gasteiger partial charge in [0.2, 0.25) is 6.29 Å². The molecule has 2 aliphatic heterocycles. The molecule has 16 nitrogen and oxygen atoms in total. The molecular formula is C22H44N8O8. The zero-order valence-electron chi connectivity index (χ0n) is 21.8. The Morgan fingerprint density at radius 1 is 1.29 bits per heavy atom. The first kappa shape index (κ1) is 30.9. The molecule has 1 aliphatic carbocycles. The number of hydrogen-bond acceptors (Lipinski definition) is 14. The van der Waals surface area contributed by atoms with Crippen LogP contribution in [0.3, 0.4) is 0 Å². The van der Waals surface area contributed by atoms with E-state index in [1.807, 2.05) is 0 Å². The molecule has 38 heavy (non-hydrogen) atoms. The number of rotatable bonds is 9. The summed E-state index contributed by atoms with van der Waals surface area (Å²) in [5, 5.41) is 46.0. The van der Waals surface area contributed by atoms with Gasteiger partial charge in [0.1, 0.15) is 35.3 Å². The number of likely N-dealkylation sites (N-methyl/N-ethyl adjacent to an activating group) is 1. The SMILES string of the molecule is CN[C@@H]1[C@@H](O)[C@@H](O[C@@]2(CCO)[C@H](N)C[C@H](N)[C@@H](O[C@H]3OC(CN)=CC[C@]3(N)N=C(N)N)[C@@H]2O)OC[C@]1(C)O. The van der Waals surface area contributed by atoms with E-state index in [0.29, 0.717) is 5.76 Å². The van der Waals surface area contributed by atoms with Crippen molar-refractivity contribution in [2.24, 2.45) is 39.4 Å². The molecule has 0 radical (unpaired) electrons. The molecule has 0 aromatic heterocycles. The van der Waals surface area contributed by atoms with E-state index in [2.05, 4.69) is 10.3 Å². The molecule has 16 heteroatoms. The number of nitrogens with two attached hydrogens (primary N) is 6. The Labute approximate surface area is 221 Å². The van der Waals surface area contributed by atoms with Crippen LogP contribution in [-0.4, -0.2) is 119 Å². The van der Waals surface area contributed by atoms with Crippen LogP contribution in [0.15, 0.2) is 16.8 Å². The van der Waals surface area contributed by atoms with Crippen LogP contribution in [0, 0.1) is 0 Å². The number of nitrogens with zero attached hydrogens (tertiary/aromatic N) is 1. The summed E-state index contributed by atoms with van der Waals surface area (Å²) >= 11 is 0. The Bertz CT molecular complexity index is 876. The van der Waals surface area contributed by atoms with Gasteiger partial charge in [-0.25, -0.2) is 4.99 Å². The molecule has 220 valence electrons. The maximum Gasteiger partial charge on any atom is 0.238 e. The van der Waals surface area contributed by atoms with Gasteiger partial charge in [-0.15, -0.1) is 0 Å². The number of guanidine groups is 1. The first-order valence-electron chi connectivity index (χ1n) is 12.5. The molecule has 0 spiro atoms. The van der Waals surface area contributed by atoms with E-state index in [4.69, 9.17) is 53.3 Å². The third kappa shape index (κ3) is 5.91. The van der Waals surface area contributed by atoms with Gasteiger partial charge in [0, 0.05) is 31.5 Å². The van der Waals surface area contributed by atoms with E-state index in [0.717, 1.165) is 0 Å². The van der Waals surface area contributed by atoms with E-state index in [9.17, 15) is 20.4 Å². The summed E-state index contributed by atoms with van der Waals surface area (Å²) in [6, 6.07) is -2.55. The van der Waals surface area contributed by atoms with Gasteiger partial charge in [-0.1, -0.05) is 0 Å². The van der Waals surface area contributed by atoms with Crippen molar-refractivity contribution in [2.45, 2.75) is 92.1 Å². The molecule has 0 bridgehead atoms. The fourth-order valence-corrected chi connectivity index (χ4v) is 5.44. The summed E-state index contributed by atoms with van der Waals surface area (Å²) in [6.07, 6.45) is -5.04. The van der Waals surface area contributed by atoms with Crippen molar-refractivity contribution in [3.63, 3.8) is 0 Å². The second-order valence-electron chi connectivity index (χ2n) is 10.4. The van der Waals surface area contributed by atoms with E-state index < -0.39 is 72.5 Å². The van der Waals surface area contributed by atoms with Crippen molar-refractivity contribution in [1.82, 2.24) is 5.32 Å². The minimum absolute atomic E-state index is 0.0484. The number of aliphatic hydroxyl groups is 4. The normalized spacial score (nSPS) is 45.7. The topological polar surface area (TPSA) is 298 Å². The van der Waals surface area contributed by atoms with E-state index in [1.165, 1.54) is 6.92 Å². The number of aliphatic hydroxyl groups excluding tert-OH is 3. The molecule has 0 amide bonds. The largest absolute Gasteiger partial charge is 0.464 e. The lowest BCUT2D eigenvalue weighted by Gasteiger charge is -2.54. The molecule has 11 atom stereocenters. The lowest BCUT2D eigenvalue weighted by molar-refractivity contribution is -0.336. The number of nitrogens with one attached hydrogen (secondary N) is 1. The first-order chi connectivity index (χ1) is 17.7. The molecule has 0 aromatic rings. The fraction of sp³-hybridized carbons (Fsp3) is 0.864. The molecule has 3 aliphatic rings. The van der Waals surface area contributed by atoms with Gasteiger partial charge in [-0.3, -0.25) is 0 Å². The summed E-state index contributed by atoms with van der Waals surface area (Å²) in [5.74, 6) is 0.0698. The number of hydrogen-bond donors (Lipinski definition) is 11. The van der Waals surface area contributed by atoms with Gasteiger partial charge in [-0.05, 0) is 26.5 Å². The van der Waals surface area contributed by atoms with Crippen LogP contribution in [0.25, 0.3) is 0 Å². The van der Waals surface area contributed by atoms with Crippen molar-refractivity contribution < 1.29 is 39.4 Å². The van der Waals surface area contributed by atoms with Crippen molar-refractivity contribution in [3.05, 3.63) is 11.8 Å². The molecular weight excluding hydrogens is 504 g/mol. The van der Waals surface area contributed by atoms with Crippen molar-refractivity contribution in [3.8, 4) is 0 Å². The Kier molecular flexibility index (Phi) is 9.61. The summed E-state index contributed by atoms with van der Waals surface area (Å²) in [5.41, 5.74) is 31.5. The second kappa shape index (κ2) is 11.8. The third-order valence-electron chi connectivity index (χ3n) is 7.51. The zero-order chi connectivity index (χ0) is 28.5. The van der Waals surface area contributed by atoms with E-state index >= 15 is 0 Å². The minimum atomic E-state index is -1.68. The smallest absolute Gasteiger partial charge is 0.238 e. The van der Waals surface area contributed by atoms with Crippen molar-refractivity contribution in [2.75, 3.05) is 26.8 Å². The lowest BCUT2D eigenvalue weighted by Crippen LogP contribution is -2.74. The molecule has 2 heterocycles. The zero-order valence-corrected chi connectivity index (χ0v) is 21.8. The first-order valence-corrected chi connectivity index (χ1v) is 12.5. The van der Waals surface area contributed by atoms with Crippen LogP contribution in [0.1, 0.15) is 26.2 Å². The Morgan fingerprint density at radius 2 is 1.97 bits per heavy atom. The lowest BCUT2D eigenvalue weighted by atomic mass is 9.72. The number of aliphatic imine (C=N–C) groups is 1. The predicted molar refractivity (Wildman–Crippen MR) is 136 cm³/mol. The standard InChI is InChI=1S/C22H44N8O8/c1-20(34)9-35-17(13(32)15(20)29-2)38-21(5-6-31)12(25)7-11(24)14(16(21)33)37-18-22(28,30-19(26)27)4-3-10(8-23)36-18/h3,11-18,29,31-34H,4-9,23-25,28H2,1-2H3,(H4,26,27,30)/t11-,12+,13+,14+,15+,16-,17+,18+,20-,21-,22-/m0/s1. The predicted octanol–water partition coefficient (Wildman–Crippen LogP) is -5.50. The molecule has 2 fully saturated rings. The van der Waals surface area contributed by atoms with Crippen LogP contribution in [0.2, 0.25) is 0 Å². The highest BCUT2D eigenvalue weighted by Gasteiger charge is 2.59.